The van der Waals surface area contributed by atoms with Gasteiger partial charge in [0.2, 0.25) is 0 Å². The van der Waals surface area contributed by atoms with Crippen molar-refractivity contribution >= 4 is 11.3 Å². The maximum absolute atomic E-state index is 6.22. The van der Waals surface area contributed by atoms with Crippen LogP contribution in [0.2, 0.25) is 0 Å². The zero-order valence-corrected chi connectivity index (χ0v) is 13.4. The molecule has 1 heterocycles. The Morgan fingerprint density at radius 1 is 1.25 bits per heavy atom. The van der Waals surface area contributed by atoms with Gasteiger partial charge in [0.05, 0.1) is 11.2 Å². The lowest BCUT2D eigenvalue weighted by Gasteiger charge is -2.31. The van der Waals surface area contributed by atoms with Crippen LogP contribution >= 0.6 is 11.3 Å². The Morgan fingerprint density at radius 2 is 1.90 bits per heavy atom. The summed E-state index contributed by atoms with van der Waals surface area (Å²) in [4.78, 5) is 7.94. The van der Waals surface area contributed by atoms with Gasteiger partial charge in [0.15, 0.2) is 0 Å². The number of rotatable bonds is 5. The molecule has 0 bridgehead atoms. The summed E-state index contributed by atoms with van der Waals surface area (Å²) in [6, 6.07) is 8.96. The Balaban J connectivity index is 2.20. The Kier molecular flexibility index (Phi) is 4.91. The third kappa shape index (κ3) is 3.45. The minimum Gasteiger partial charge on any atom is -0.326 e. The van der Waals surface area contributed by atoms with Crippen molar-refractivity contribution in [2.75, 3.05) is 7.05 Å². The number of hydrogen-bond donors (Lipinski definition) is 1. The lowest BCUT2D eigenvalue weighted by molar-refractivity contribution is 0.212. The van der Waals surface area contributed by atoms with E-state index in [2.05, 4.69) is 62.0 Å². The van der Waals surface area contributed by atoms with Gasteiger partial charge < -0.3 is 5.73 Å². The molecule has 0 radical (unpaired) electrons. The monoisotopic (exact) mass is 289 g/mol. The number of thiazole rings is 1. The minimum atomic E-state index is 0.0796. The minimum absolute atomic E-state index is 0.0796. The first-order chi connectivity index (χ1) is 9.49. The predicted octanol–water partition coefficient (Wildman–Crippen LogP) is 3.28. The average Bonchev–Trinajstić information content (AvgIpc) is 2.77. The van der Waals surface area contributed by atoms with Gasteiger partial charge in [-0.1, -0.05) is 29.8 Å². The van der Waals surface area contributed by atoms with E-state index in [-0.39, 0.29) is 12.1 Å². The summed E-state index contributed by atoms with van der Waals surface area (Å²) in [5, 5.41) is 0. The molecule has 2 N–H and O–H groups in total. The van der Waals surface area contributed by atoms with Crippen molar-refractivity contribution in [2.24, 2.45) is 5.73 Å². The second-order valence-electron chi connectivity index (χ2n) is 5.49. The van der Waals surface area contributed by atoms with Crippen molar-refractivity contribution in [1.82, 2.24) is 9.88 Å². The Hall–Kier alpha value is -1.23. The molecule has 0 saturated heterocycles. The van der Waals surface area contributed by atoms with Gasteiger partial charge >= 0.3 is 0 Å². The van der Waals surface area contributed by atoms with E-state index in [9.17, 15) is 0 Å². The van der Waals surface area contributed by atoms with E-state index in [0.717, 1.165) is 12.2 Å². The molecular weight excluding hydrogens is 266 g/mol. The number of nitrogens with two attached hydrogens (primary N) is 1. The van der Waals surface area contributed by atoms with Crippen LogP contribution in [0.15, 0.2) is 29.8 Å². The van der Waals surface area contributed by atoms with Crippen LogP contribution in [0.25, 0.3) is 0 Å². The summed E-state index contributed by atoms with van der Waals surface area (Å²) in [5.74, 6) is 0. The zero-order valence-electron chi connectivity index (χ0n) is 12.6. The SMILES string of the molecule is Cc1ccc(C(C(C)N)N(C)Cc2scnc2C)cc1. The standard InChI is InChI=1S/C16H23N3S/c1-11-5-7-14(8-6-11)16(12(2)17)19(4)9-15-13(3)18-10-20-15/h5-8,10,12,16H,9,17H2,1-4H3. The van der Waals surface area contributed by atoms with Crippen molar-refractivity contribution < 1.29 is 0 Å². The lowest BCUT2D eigenvalue weighted by Crippen LogP contribution is -2.36. The van der Waals surface area contributed by atoms with Gasteiger partial charge in [-0.3, -0.25) is 4.90 Å². The molecule has 0 aliphatic carbocycles. The first kappa shape index (κ1) is 15.2. The number of aromatic nitrogens is 1. The molecule has 2 unspecified atom stereocenters. The molecule has 4 heteroatoms. The van der Waals surface area contributed by atoms with E-state index >= 15 is 0 Å². The van der Waals surface area contributed by atoms with E-state index in [0.29, 0.717) is 0 Å². The maximum atomic E-state index is 6.22. The highest BCUT2D eigenvalue weighted by atomic mass is 32.1. The summed E-state index contributed by atoms with van der Waals surface area (Å²) in [7, 11) is 2.13. The second kappa shape index (κ2) is 6.48. The van der Waals surface area contributed by atoms with Crippen LogP contribution in [0.1, 0.15) is 34.7 Å². The molecule has 0 aliphatic rings. The summed E-state index contributed by atoms with van der Waals surface area (Å²) in [5.41, 5.74) is 11.8. The molecule has 3 nitrogen and oxygen atoms in total. The summed E-state index contributed by atoms with van der Waals surface area (Å²) in [6.45, 7) is 7.12. The van der Waals surface area contributed by atoms with Gasteiger partial charge in [-0.15, -0.1) is 11.3 Å². The molecule has 2 aromatic rings. The van der Waals surface area contributed by atoms with Gasteiger partial charge in [-0.25, -0.2) is 4.98 Å². The van der Waals surface area contributed by atoms with Crippen LogP contribution < -0.4 is 5.73 Å². The molecule has 1 aromatic heterocycles. The van der Waals surface area contributed by atoms with Crippen molar-refractivity contribution in [2.45, 2.75) is 39.4 Å². The van der Waals surface area contributed by atoms with Crippen molar-refractivity contribution in [3.63, 3.8) is 0 Å². The molecule has 0 saturated carbocycles. The molecule has 0 spiro atoms. The molecule has 20 heavy (non-hydrogen) atoms. The normalized spacial score (nSPS) is 14.5. The molecule has 2 rings (SSSR count). The number of likely N-dealkylation sites (N-methyl/N-ethyl adjacent to an activating group) is 1. The highest BCUT2D eigenvalue weighted by Crippen LogP contribution is 2.26. The third-order valence-corrected chi connectivity index (χ3v) is 4.55. The van der Waals surface area contributed by atoms with Crippen molar-refractivity contribution in [3.8, 4) is 0 Å². The first-order valence-corrected chi connectivity index (χ1v) is 7.78. The first-order valence-electron chi connectivity index (χ1n) is 6.90. The van der Waals surface area contributed by atoms with Crippen LogP contribution in [0.4, 0.5) is 0 Å². The van der Waals surface area contributed by atoms with E-state index in [4.69, 9.17) is 5.73 Å². The van der Waals surface area contributed by atoms with Crippen LogP contribution in [-0.2, 0) is 6.54 Å². The van der Waals surface area contributed by atoms with E-state index in [1.54, 1.807) is 11.3 Å². The van der Waals surface area contributed by atoms with Crippen LogP contribution in [0.5, 0.6) is 0 Å². The van der Waals surface area contributed by atoms with Crippen molar-refractivity contribution in [1.29, 1.82) is 0 Å². The number of nitrogens with zero attached hydrogens (tertiary/aromatic N) is 2. The molecule has 0 amide bonds. The quantitative estimate of drug-likeness (QED) is 0.918. The van der Waals surface area contributed by atoms with Crippen LogP contribution in [0.3, 0.4) is 0 Å². The highest BCUT2D eigenvalue weighted by molar-refractivity contribution is 7.09. The molecule has 108 valence electrons. The van der Waals surface area contributed by atoms with Crippen LogP contribution in [-0.4, -0.2) is 23.0 Å². The topological polar surface area (TPSA) is 42.1 Å². The molecule has 1 aromatic carbocycles. The Labute approximate surface area is 125 Å². The predicted molar refractivity (Wildman–Crippen MR) is 85.9 cm³/mol. The summed E-state index contributed by atoms with van der Waals surface area (Å²) in [6.07, 6.45) is 0. The fourth-order valence-electron chi connectivity index (χ4n) is 2.53. The Morgan fingerprint density at radius 3 is 2.40 bits per heavy atom. The molecular formula is C16H23N3S. The van der Waals surface area contributed by atoms with Gasteiger partial charge in [-0.05, 0) is 33.4 Å². The maximum Gasteiger partial charge on any atom is 0.0798 e. The lowest BCUT2D eigenvalue weighted by atomic mass is 9.98. The number of aryl methyl sites for hydroxylation is 2. The fraction of sp³-hybridized carbons (Fsp3) is 0.438. The second-order valence-corrected chi connectivity index (χ2v) is 6.43. The number of hydrogen-bond acceptors (Lipinski definition) is 4. The zero-order chi connectivity index (χ0) is 14.7. The van der Waals surface area contributed by atoms with E-state index in [1.807, 2.05) is 5.51 Å². The molecule has 0 fully saturated rings. The Bertz CT molecular complexity index is 545. The van der Waals surface area contributed by atoms with Gasteiger partial charge in [0, 0.05) is 23.5 Å². The van der Waals surface area contributed by atoms with Crippen LogP contribution in [0, 0.1) is 13.8 Å². The van der Waals surface area contributed by atoms with Crippen molar-refractivity contribution in [3.05, 3.63) is 51.5 Å². The molecule has 0 aliphatic heterocycles. The third-order valence-electron chi connectivity index (χ3n) is 3.63. The largest absolute Gasteiger partial charge is 0.326 e. The highest BCUT2D eigenvalue weighted by Gasteiger charge is 2.22. The average molecular weight is 289 g/mol. The van der Waals surface area contributed by atoms with E-state index in [1.165, 1.54) is 16.0 Å². The number of benzene rings is 1. The fourth-order valence-corrected chi connectivity index (χ4v) is 3.37. The van der Waals surface area contributed by atoms with Gasteiger partial charge in [0.1, 0.15) is 0 Å². The van der Waals surface area contributed by atoms with Gasteiger partial charge in [0.25, 0.3) is 0 Å². The summed E-state index contributed by atoms with van der Waals surface area (Å²) >= 11 is 1.71. The molecule has 2 atom stereocenters. The summed E-state index contributed by atoms with van der Waals surface area (Å²) < 4.78 is 0. The van der Waals surface area contributed by atoms with Gasteiger partial charge in [-0.2, -0.15) is 0 Å². The van der Waals surface area contributed by atoms with E-state index < -0.39 is 0 Å². The smallest absolute Gasteiger partial charge is 0.0798 e.